The lowest BCUT2D eigenvalue weighted by molar-refractivity contribution is -0.147. The molecular formula is C21H33NO4. The Kier molecular flexibility index (Phi) is 4.15. The molecule has 0 aromatic heterocycles. The first-order valence-electron chi connectivity index (χ1n) is 10.7. The summed E-state index contributed by atoms with van der Waals surface area (Å²) in [6.45, 7) is 5.30. The zero-order chi connectivity index (χ0) is 17.9. The second-order valence-corrected chi connectivity index (χ2v) is 9.93. The molecular weight excluding hydrogens is 330 g/mol. The van der Waals surface area contributed by atoms with Gasteiger partial charge >= 0.3 is 5.97 Å². The van der Waals surface area contributed by atoms with Crippen LogP contribution in [-0.2, 0) is 14.3 Å². The zero-order valence-electron chi connectivity index (χ0n) is 16.0. The van der Waals surface area contributed by atoms with Crippen molar-refractivity contribution in [1.29, 1.82) is 0 Å². The van der Waals surface area contributed by atoms with Crippen LogP contribution in [-0.4, -0.2) is 60.0 Å². The van der Waals surface area contributed by atoms with Crippen LogP contribution >= 0.6 is 0 Å². The van der Waals surface area contributed by atoms with Gasteiger partial charge in [0.05, 0.1) is 24.7 Å². The Bertz CT molecular complexity index is 576. The van der Waals surface area contributed by atoms with Crippen LogP contribution in [0.2, 0.25) is 0 Å². The number of epoxide rings is 1. The van der Waals surface area contributed by atoms with E-state index in [-0.39, 0.29) is 41.7 Å². The van der Waals surface area contributed by atoms with Gasteiger partial charge < -0.3 is 14.6 Å². The Balaban J connectivity index is 1.35. The lowest BCUT2D eigenvalue weighted by Gasteiger charge is -2.51. The van der Waals surface area contributed by atoms with E-state index in [1.807, 2.05) is 0 Å². The number of piperidine rings is 1. The number of carbonyl (C=O) groups excluding carboxylic acids is 1. The number of hydrogen-bond acceptors (Lipinski definition) is 5. The molecule has 146 valence electrons. The molecule has 1 N–H and O–H groups in total. The number of carbonyl (C=O) groups is 1. The van der Waals surface area contributed by atoms with E-state index in [1.165, 1.54) is 32.1 Å². The first-order chi connectivity index (χ1) is 12.5. The molecule has 0 bridgehead atoms. The molecule has 2 aliphatic carbocycles. The normalized spacial score (nSPS) is 51.0. The number of rotatable bonds is 3. The van der Waals surface area contributed by atoms with E-state index in [1.54, 1.807) is 0 Å². The number of ether oxygens (including phenoxy) is 2. The molecule has 3 heterocycles. The van der Waals surface area contributed by atoms with Crippen LogP contribution in [0, 0.1) is 23.2 Å². The van der Waals surface area contributed by atoms with Crippen molar-refractivity contribution in [1.82, 2.24) is 4.90 Å². The average Bonchev–Trinajstić information content (AvgIpc) is 3.33. The topological polar surface area (TPSA) is 62.3 Å². The third-order valence-corrected chi connectivity index (χ3v) is 8.47. The van der Waals surface area contributed by atoms with Gasteiger partial charge in [-0.25, -0.2) is 0 Å². The molecule has 5 nitrogen and oxygen atoms in total. The highest BCUT2D eigenvalue weighted by Gasteiger charge is 2.65. The summed E-state index contributed by atoms with van der Waals surface area (Å²) < 4.78 is 11.9. The Labute approximate surface area is 156 Å². The predicted molar refractivity (Wildman–Crippen MR) is 96.5 cm³/mol. The van der Waals surface area contributed by atoms with Crippen LogP contribution < -0.4 is 0 Å². The first kappa shape index (κ1) is 17.4. The summed E-state index contributed by atoms with van der Waals surface area (Å²) >= 11 is 0. The van der Waals surface area contributed by atoms with Gasteiger partial charge in [-0.2, -0.15) is 0 Å². The molecule has 5 aliphatic rings. The maximum atomic E-state index is 12.8. The van der Waals surface area contributed by atoms with E-state index in [0.717, 1.165) is 39.0 Å². The minimum atomic E-state index is -0.0190. The molecule has 0 amide bonds. The largest absolute Gasteiger partial charge is 0.462 e. The van der Waals surface area contributed by atoms with Gasteiger partial charge in [-0.05, 0) is 62.8 Å². The predicted octanol–water partition coefficient (Wildman–Crippen LogP) is 2.36. The summed E-state index contributed by atoms with van der Waals surface area (Å²) in [4.78, 5) is 15.1. The second-order valence-electron chi connectivity index (χ2n) is 9.93. The molecule has 3 saturated heterocycles. The number of nitrogens with zero attached hydrogens (tertiary/aromatic N) is 1. The van der Waals surface area contributed by atoms with Crippen LogP contribution in [0.3, 0.4) is 0 Å². The third-order valence-electron chi connectivity index (χ3n) is 8.47. The van der Waals surface area contributed by atoms with Crippen LogP contribution in [0.15, 0.2) is 0 Å². The van der Waals surface area contributed by atoms with Crippen LogP contribution in [0.25, 0.3) is 0 Å². The summed E-state index contributed by atoms with van der Waals surface area (Å²) in [5.41, 5.74) is 0.386. The smallest absolute Gasteiger partial charge is 0.310 e. The van der Waals surface area contributed by atoms with Crippen molar-refractivity contribution in [2.24, 2.45) is 23.2 Å². The Morgan fingerprint density at radius 2 is 2.12 bits per heavy atom. The van der Waals surface area contributed by atoms with Gasteiger partial charge in [-0.1, -0.05) is 13.3 Å². The van der Waals surface area contributed by atoms with E-state index >= 15 is 0 Å². The lowest BCUT2D eigenvalue weighted by atomic mass is 9.53. The zero-order valence-corrected chi connectivity index (χ0v) is 16.0. The summed E-state index contributed by atoms with van der Waals surface area (Å²) in [7, 11) is 0. The summed E-state index contributed by atoms with van der Waals surface area (Å²) in [6.07, 6.45) is 9.27. The van der Waals surface area contributed by atoms with E-state index in [2.05, 4.69) is 11.8 Å². The molecule has 3 aliphatic heterocycles. The maximum Gasteiger partial charge on any atom is 0.310 e. The molecule has 0 radical (unpaired) electrons. The van der Waals surface area contributed by atoms with Gasteiger partial charge in [0.1, 0.15) is 6.10 Å². The molecule has 0 unspecified atom stereocenters. The van der Waals surface area contributed by atoms with Crippen molar-refractivity contribution in [2.75, 3.05) is 26.3 Å². The molecule has 1 spiro atoms. The fourth-order valence-electron chi connectivity index (χ4n) is 6.93. The van der Waals surface area contributed by atoms with Gasteiger partial charge in [0, 0.05) is 18.5 Å². The van der Waals surface area contributed by atoms with Crippen LogP contribution in [0.5, 0.6) is 0 Å². The Morgan fingerprint density at radius 1 is 1.27 bits per heavy atom. The monoisotopic (exact) mass is 363 g/mol. The van der Waals surface area contributed by atoms with Gasteiger partial charge in [-0.15, -0.1) is 0 Å². The Hall–Kier alpha value is -0.650. The van der Waals surface area contributed by atoms with E-state index < -0.39 is 0 Å². The number of hydrogen-bond donors (Lipinski definition) is 1. The molecule has 7 atom stereocenters. The average molecular weight is 363 g/mol. The second kappa shape index (κ2) is 6.18. The molecule has 26 heavy (non-hydrogen) atoms. The summed E-state index contributed by atoms with van der Waals surface area (Å²) in [5, 5.41) is 9.72. The number of esters is 1. The molecule has 0 aromatic carbocycles. The quantitative estimate of drug-likeness (QED) is 0.616. The molecule has 2 saturated carbocycles. The van der Waals surface area contributed by atoms with E-state index in [4.69, 9.17) is 9.47 Å². The number of fused-ring (bicyclic) bond motifs is 3. The van der Waals surface area contributed by atoms with Crippen molar-refractivity contribution >= 4 is 5.97 Å². The summed E-state index contributed by atoms with van der Waals surface area (Å²) in [6, 6.07) is 0.220. The van der Waals surface area contributed by atoms with Crippen LogP contribution in [0.4, 0.5) is 0 Å². The minimum Gasteiger partial charge on any atom is -0.462 e. The highest BCUT2D eigenvalue weighted by Crippen LogP contribution is 2.62. The van der Waals surface area contributed by atoms with Gasteiger partial charge in [0.2, 0.25) is 0 Å². The Morgan fingerprint density at radius 3 is 2.88 bits per heavy atom. The number of aliphatic hydroxyl groups excluding tert-OH is 1. The maximum absolute atomic E-state index is 12.8. The van der Waals surface area contributed by atoms with Crippen molar-refractivity contribution in [2.45, 2.75) is 76.0 Å². The first-order valence-corrected chi connectivity index (χ1v) is 10.7. The molecule has 5 rings (SSSR count). The summed E-state index contributed by atoms with van der Waals surface area (Å²) in [5.74, 6) is 0.905. The van der Waals surface area contributed by atoms with Gasteiger partial charge in [0.25, 0.3) is 0 Å². The highest BCUT2D eigenvalue weighted by atomic mass is 16.6. The number of aliphatic hydroxyl groups is 1. The highest BCUT2D eigenvalue weighted by molar-refractivity contribution is 5.75. The van der Waals surface area contributed by atoms with Crippen molar-refractivity contribution in [3.05, 3.63) is 0 Å². The van der Waals surface area contributed by atoms with Crippen molar-refractivity contribution in [3.63, 3.8) is 0 Å². The molecule has 0 aromatic rings. The van der Waals surface area contributed by atoms with Crippen molar-refractivity contribution < 1.29 is 19.4 Å². The third kappa shape index (κ3) is 2.65. The molecule has 5 fully saturated rings. The molecule has 5 heteroatoms. The fraction of sp³-hybridized carbons (Fsp3) is 0.952. The minimum absolute atomic E-state index is 0.00951. The standard InChI is InChI=1S/C21H33NO4/c1-20-6-4-7-21(13-25-21)18(20)9-15-16(19(24)26-17(15)10-20)11-22-8-3-2-5-14(22)12-23/h14-18,23H,2-13H2,1H3/t14-,15-,16-,17-,18-,20-,21-/m1/s1. The van der Waals surface area contributed by atoms with Crippen LogP contribution in [0.1, 0.15) is 58.3 Å². The number of likely N-dealkylation sites (tertiary alicyclic amines) is 1. The van der Waals surface area contributed by atoms with E-state index in [0.29, 0.717) is 11.8 Å². The SMILES string of the molecule is C[C@]12CCC[C@@]3(CO3)[C@@H]1C[C@H]1[C@@H](C2)OC(=O)[C@@H]1CN1CCCC[C@@H]1CO. The van der Waals surface area contributed by atoms with Crippen molar-refractivity contribution in [3.8, 4) is 0 Å². The lowest BCUT2D eigenvalue weighted by Crippen LogP contribution is -2.52. The van der Waals surface area contributed by atoms with Gasteiger partial charge in [-0.3, -0.25) is 9.69 Å². The van der Waals surface area contributed by atoms with Gasteiger partial charge in [0.15, 0.2) is 0 Å². The fourth-order valence-corrected chi connectivity index (χ4v) is 6.93. The van der Waals surface area contributed by atoms with E-state index in [9.17, 15) is 9.90 Å².